The second-order valence-corrected chi connectivity index (χ2v) is 9.48. The molecular formula is C29H28FN3O3. The van der Waals surface area contributed by atoms with Crippen molar-refractivity contribution in [2.45, 2.75) is 19.6 Å². The number of fused-ring (bicyclic) bond motifs is 3. The fourth-order valence-corrected chi connectivity index (χ4v) is 5.28. The third-order valence-corrected chi connectivity index (χ3v) is 7.04. The molecule has 0 aliphatic carbocycles. The molecule has 0 spiro atoms. The smallest absolute Gasteiger partial charge is 0.326 e. The second-order valence-electron chi connectivity index (χ2n) is 9.48. The van der Waals surface area contributed by atoms with Gasteiger partial charge in [-0.25, -0.2) is 9.18 Å². The maximum absolute atomic E-state index is 14.0. The molecule has 0 saturated carbocycles. The normalized spacial score (nSPS) is 17.9. The fraction of sp³-hybridized carbons (Fsp3) is 0.276. The van der Waals surface area contributed by atoms with Crippen molar-refractivity contribution < 1.29 is 13.9 Å². The van der Waals surface area contributed by atoms with Gasteiger partial charge < -0.3 is 14.5 Å². The zero-order chi connectivity index (χ0) is 24.6. The van der Waals surface area contributed by atoms with E-state index in [0.29, 0.717) is 12.4 Å². The van der Waals surface area contributed by atoms with Crippen LogP contribution in [0.2, 0.25) is 0 Å². The summed E-state index contributed by atoms with van der Waals surface area (Å²) in [4.78, 5) is 18.3. The topological polar surface area (TPSA) is 59.5 Å². The lowest BCUT2D eigenvalue weighted by molar-refractivity contribution is 0.0326. The van der Waals surface area contributed by atoms with Gasteiger partial charge in [-0.05, 0) is 59.5 Å². The summed E-state index contributed by atoms with van der Waals surface area (Å²) in [6.45, 7) is 6.49. The first kappa shape index (κ1) is 22.8. The molecule has 4 aromatic rings. The molecule has 6 rings (SSSR count). The summed E-state index contributed by atoms with van der Waals surface area (Å²) < 4.78 is 27.2. The summed E-state index contributed by atoms with van der Waals surface area (Å²) in [5, 5.41) is 0. The predicted octanol–water partition coefficient (Wildman–Crippen LogP) is 4.84. The van der Waals surface area contributed by atoms with Crippen molar-refractivity contribution in [1.29, 1.82) is 0 Å². The third-order valence-electron chi connectivity index (χ3n) is 7.04. The number of H-pyrrole nitrogens is 1. The number of rotatable bonds is 4. The monoisotopic (exact) mass is 485 g/mol. The number of morpholine rings is 1. The van der Waals surface area contributed by atoms with Gasteiger partial charge in [0.2, 0.25) is 0 Å². The molecule has 3 aromatic carbocycles. The summed E-state index contributed by atoms with van der Waals surface area (Å²) in [6, 6.07) is 18.8. The van der Waals surface area contributed by atoms with E-state index in [4.69, 9.17) is 9.47 Å². The Kier molecular flexibility index (Phi) is 5.95. The molecule has 184 valence electrons. The number of nitrogens with one attached hydrogen (secondary N) is 1. The van der Waals surface area contributed by atoms with Crippen LogP contribution in [-0.4, -0.2) is 47.3 Å². The first-order valence-corrected chi connectivity index (χ1v) is 12.3. The molecular weight excluding hydrogens is 457 g/mol. The molecule has 0 radical (unpaired) electrons. The van der Waals surface area contributed by atoms with Crippen molar-refractivity contribution in [2.75, 3.05) is 32.8 Å². The number of aromatic amines is 1. The van der Waals surface area contributed by atoms with Gasteiger partial charge in [0.15, 0.2) is 0 Å². The molecule has 2 aliphatic rings. The van der Waals surface area contributed by atoms with Crippen molar-refractivity contribution in [3.05, 3.63) is 99.2 Å². The van der Waals surface area contributed by atoms with Crippen LogP contribution >= 0.6 is 0 Å². The highest BCUT2D eigenvalue weighted by Crippen LogP contribution is 2.38. The van der Waals surface area contributed by atoms with Gasteiger partial charge in [-0.2, -0.15) is 0 Å². The zero-order valence-corrected chi connectivity index (χ0v) is 20.2. The number of imidazole rings is 1. The van der Waals surface area contributed by atoms with Crippen molar-refractivity contribution in [2.24, 2.45) is 0 Å². The third kappa shape index (κ3) is 4.25. The largest absolute Gasteiger partial charge is 0.488 e. The lowest BCUT2D eigenvalue weighted by Crippen LogP contribution is -2.40. The molecule has 0 bridgehead atoms. The standard InChI is InChI=1S/C29H28FN3O3/c1-19(17-32-10-12-35-13-11-32)33-27-9-6-20(15-26(27)31-29(33)34)14-25-23-5-3-2-4-21(23)18-36-28-16-22(30)7-8-24(25)28/h2-9,14-16,19H,10-13,17-18H2,1H3,(H,31,34)/b25-14+/t19-/m0/s1. The lowest BCUT2D eigenvalue weighted by Gasteiger charge is -2.29. The molecule has 36 heavy (non-hydrogen) atoms. The molecule has 1 N–H and O–H groups in total. The molecule has 1 fully saturated rings. The first-order valence-electron chi connectivity index (χ1n) is 12.3. The minimum atomic E-state index is -0.328. The molecule has 1 saturated heterocycles. The maximum Gasteiger partial charge on any atom is 0.326 e. The van der Waals surface area contributed by atoms with Gasteiger partial charge in [0.05, 0.1) is 24.2 Å². The Morgan fingerprint density at radius 3 is 2.75 bits per heavy atom. The maximum atomic E-state index is 14.0. The second kappa shape index (κ2) is 9.41. The van der Waals surface area contributed by atoms with E-state index in [0.717, 1.165) is 71.7 Å². The summed E-state index contributed by atoms with van der Waals surface area (Å²) >= 11 is 0. The molecule has 7 heteroatoms. The first-order chi connectivity index (χ1) is 17.6. The van der Waals surface area contributed by atoms with E-state index in [-0.39, 0.29) is 17.5 Å². The van der Waals surface area contributed by atoms with Crippen LogP contribution in [0, 0.1) is 5.82 Å². The molecule has 6 nitrogen and oxygen atoms in total. The van der Waals surface area contributed by atoms with Crippen molar-refractivity contribution in [1.82, 2.24) is 14.5 Å². The van der Waals surface area contributed by atoms with Crippen LogP contribution in [0.5, 0.6) is 5.75 Å². The van der Waals surface area contributed by atoms with Crippen LogP contribution in [0.4, 0.5) is 4.39 Å². The summed E-state index contributed by atoms with van der Waals surface area (Å²) in [7, 11) is 0. The Balaban J connectivity index is 1.40. The van der Waals surface area contributed by atoms with Gasteiger partial charge >= 0.3 is 5.69 Å². The Hall–Kier alpha value is -3.68. The van der Waals surface area contributed by atoms with Gasteiger partial charge in [-0.3, -0.25) is 9.47 Å². The Bertz CT molecular complexity index is 1510. The van der Waals surface area contributed by atoms with E-state index in [1.807, 2.05) is 41.0 Å². The average Bonchev–Trinajstić information content (AvgIpc) is 3.14. The minimum Gasteiger partial charge on any atom is -0.488 e. The van der Waals surface area contributed by atoms with Gasteiger partial charge in [-0.15, -0.1) is 0 Å². The predicted molar refractivity (Wildman–Crippen MR) is 139 cm³/mol. The molecule has 3 heterocycles. The van der Waals surface area contributed by atoms with E-state index in [9.17, 15) is 9.18 Å². The van der Waals surface area contributed by atoms with E-state index in [1.54, 1.807) is 6.07 Å². The summed E-state index contributed by atoms with van der Waals surface area (Å²) in [5.74, 6) is 0.195. The average molecular weight is 486 g/mol. The van der Waals surface area contributed by atoms with Crippen LogP contribution in [0.1, 0.15) is 35.2 Å². The van der Waals surface area contributed by atoms with E-state index >= 15 is 0 Å². The highest BCUT2D eigenvalue weighted by atomic mass is 19.1. The number of halogens is 1. The number of nitrogens with zero attached hydrogens (tertiary/aromatic N) is 2. The van der Waals surface area contributed by atoms with Crippen LogP contribution < -0.4 is 10.4 Å². The number of hydrogen-bond donors (Lipinski definition) is 1. The Morgan fingerprint density at radius 1 is 1.06 bits per heavy atom. The molecule has 1 aromatic heterocycles. The van der Waals surface area contributed by atoms with Gasteiger partial charge in [0.1, 0.15) is 18.2 Å². The van der Waals surface area contributed by atoms with Crippen molar-refractivity contribution in [3.63, 3.8) is 0 Å². The molecule has 1 atom stereocenters. The summed E-state index contributed by atoms with van der Waals surface area (Å²) in [6.07, 6.45) is 2.08. The number of benzene rings is 3. The Morgan fingerprint density at radius 2 is 1.89 bits per heavy atom. The van der Waals surface area contributed by atoms with Crippen LogP contribution in [0.3, 0.4) is 0 Å². The quantitative estimate of drug-likeness (QED) is 0.449. The van der Waals surface area contributed by atoms with Crippen LogP contribution in [0.15, 0.2) is 65.5 Å². The highest BCUT2D eigenvalue weighted by Gasteiger charge is 2.21. The van der Waals surface area contributed by atoms with E-state index in [1.165, 1.54) is 12.1 Å². The van der Waals surface area contributed by atoms with Gasteiger partial charge in [0, 0.05) is 37.3 Å². The fourth-order valence-electron chi connectivity index (χ4n) is 5.28. The van der Waals surface area contributed by atoms with E-state index < -0.39 is 0 Å². The van der Waals surface area contributed by atoms with Crippen LogP contribution in [0.25, 0.3) is 22.7 Å². The number of aromatic nitrogens is 2. The minimum absolute atomic E-state index is 0.0289. The van der Waals surface area contributed by atoms with Crippen molar-refractivity contribution >= 4 is 22.7 Å². The van der Waals surface area contributed by atoms with Crippen molar-refractivity contribution in [3.8, 4) is 5.75 Å². The SMILES string of the molecule is C[C@@H](CN1CCOCC1)n1c(=O)[nH]c2cc(/C=C3\c4ccccc4COc4cc(F)ccc43)ccc21. The van der Waals surface area contributed by atoms with Gasteiger partial charge in [0.25, 0.3) is 0 Å². The number of hydrogen-bond acceptors (Lipinski definition) is 4. The van der Waals surface area contributed by atoms with Crippen LogP contribution in [-0.2, 0) is 11.3 Å². The lowest BCUT2D eigenvalue weighted by atomic mass is 9.92. The molecule has 0 unspecified atom stereocenters. The molecule has 2 aliphatic heterocycles. The highest BCUT2D eigenvalue weighted by molar-refractivity contribution is 5.95. The Labute approximate surface area is 208 Å². The van der Waals surface area contributed by atoms with Gasteiger partial charge in [-0.1, -0.05) is 30.3 Å². The van der Waals surface area contributed by atoms with E-state index in [2.05, 4.69) is 29.0 Å². The number of ether oxygens (including phenoxy) is 2. The summed E-state index contributed by atoms with van der Waals surface area (Å²) in [5.41, 5.74) is 6.40. The zero-order valence-electron chi connectivity index (χ0n) is 20.2. The molecule has 0 amide bonds.